The average molecular weight is 284 g/mol. The second-order valence-corrected chi connectivity index (χ2v) is 5.00. The van der Waals surface area contributed by atoms with Crippen LogP contribution in [0.2, 0.25) is 0 Å². The fourth-order valence-electron chi connectivity index (χ4n) is 2.01. The van der Waals surface area contributed by atoms with Crippen LogP contribution in [0.1, 0.15) is 47.7 Å². The van der Waals surface area contributed by atoms with Gasteiger partial charge >= 0.3 is 5.91 Å². The van der Waals surface area contributed by atoms with Crippen LogP contribution in [0.25, 0.3) is 0 Å². The number of carbonyl (C=O) groups excluding carboxylic acids is 1. The third kappa shape index (κ3) is 4.05. The molecule has 0 radical (unpaired) electrons. The maximum atomic E-state index is 11.8. The van der Waals surface area contributed by atoms with Crippen molar-refractivity contribution in [2.24, 2.45) is 5.10 Å². The maximum absolute atomic E-state index is 11.8. The Morgan fingerprint density at radius 2 is 1.90 bits per heavy atom. The van der Waals surface area contributed by atoms with Crippen LogP contribution >= 0.6 is 0 Å². The van der Waals surface area contributed by atoms with Crippen molar-refractivity contribution in [3.05, 3.63) is 59.0 Å². The molecule has 1 heterocycles. The average Bonchev–Trinajstić information content (AvgIpc) is 2.92. The zero-order valence-corrected chi connectivity index (χ0v) is 12.6. The van der Waals surface area contributed by atoms with Gasteiger partial charge < -0.3 is 4.42 Å². The van der Waals surface area contributed by atoms with Gasteiger partial charge in [0.1, 0.15) is 5.76 Å². The van der Waals surface area contributed by atoms with Crippen LogP contribution < -0.4 is 5.43 Å². The van der Waals surface area contributed by atoms with Crippen molar-refractivity contribution in [1.82, 2.24) is 5.43 Å². The quantitative estimate of drug-likeness (QED) is 0.672. The first kappa shape index (κ1) is 15.0. The summed E-state index contributed by atoms with van der Waals surface area (Å²) in [7, 11) is 0. The monoisotopic (exact) mass is 284 g/mol. The lowest BCUT2D eigenvalue weighted by molar-refractivity contribution is 0.0926. The minimum Gasteiger partial charge on any atom is -0.456 e. The molecule has 1 aromatic carbocycles. The third-order valence-electron chi connectivity index (χ3n) is 3.20. The highest BCUT2D eigenvalue weighted by atomic mass is 16.3. The molecule has 0 aliphatic carbocycles. The Bertz CT molecular complexity index is 639. The number of nitrogens with zero attached hydrogens (tertiary/aromatic N) is 1. The lowest BCUT2D eigenvalue weighted by Gasteiger charge is -2.03. The molecule has 1 amide bonds. The molecule has 2 aromatic rings. The maximum Gasteiger partial charge on any atom is 0.307 e. The van der Waals surface area contributed by atoms with E-state index in [1.165, 1.54) is 5.56 Å². The Hall–Kier alpha value is -2.36. The van der Waals surface area contributed by atoms with Crippen molar-refractivity contribution in [3.63, 3.8) is 0 Å². The minimum absolute atomic E-state index is 0.266. The van der Waals surface area contributed by atoms with Gasteiger partial charge in [-0.25, -0.2) is 5.43 Å². The van der Waals surface area contributed by atoms with Crippen molar-refractivity contribution in [2.45, 2.75) is 33.6 Å². The van der Waals surface area contributed by atoms with E-state index >= 15 is 0 Å². The number of hydrazone groups is 1. The molecule has 1 aromatic heterocycles. The largest absolute Gasteiger partial charge is 0.456 e. The second kappa shape index (κ2) is 6.88. The number of furan rings is 1. The normalized spacial score (nSPS) is 11.5. The van der Waals surface area contributed by atoms with Gasteiger partial charge in [-0.2, -0.15) is 5.10 Å². The van der Waals surface area contributed by atoms with E-state index in [0.29, 0.717) is 5.76 Å². The highest BCUT2D eigenvalue weighted by Gasteiger charge is 2.09. The first-order valence-corrected chi connectivity index (χ1v) is 7.10. The van der Waals surface area contributed by atoms with Crippen molar-refractivity contribution in [3.8, 4) is 0 Å². The number of benzene rings is 1. The predicted octanol–water partition coefficient (Wildman–Crippen LogP) is 3.69. The van der Waals surface area contributed by atoms with Crippen LogP contribution in [0.3, 0.4) is 0 Å². The molecule has 0 unspecified atom stereocenters. The smallest absolute Gasteiger partial charge is 0.307 e. The zero-order valence-electron chi connectivity index (χ0n) is 12.6. The summed E-state index contributed by atoms with van der Waals surface area (Å²) < 4.78 is 5.24. The Kier molecular flexibility index (Phi) is 4.93. The van der Waals surface area contributed by atoms with Crippen molar-refractivity contribution < 1.29 is 9.21 Å². The van der Waals surface area contributed by atoms with Crippen LogP contribution in [0.15, 0.2) is 45.9 Å². The first-order valence-electron chi connectivity index (χ1n) is 7.10. The van der Waals surface area contributed by atoms with E-state index in [4.69, 9.17) is 4.42 Å². The number of aryl methyl sites for hydroxylation is 2. The number of carbonyl (C=O) groups is 1. The summed E-state index contributed by atoms with van der Waals surface area (Å²) >= 11 is 0. The second-order valence-electron chi connectivity index (χ2n) is 5.00. The van der Waals surface area contributed by atoms with Gasteiger partial charge in [-0.15, -0.1) is 0 Å². The molecule has 4 heteroatoms. The lowest BCUT2D eigenvalue weighted by Crippen LogP contribution is -2.18. The molecular formula is C17H20N2O2. The van der Waals surface area contributed by atoms with Crippen molar-refractivity contribution in [1.29, 1.82) is 0 Å². The highest BCUT2D eigenvalue weighted by Crippen LogP contribution is 2.08. The molecule has 0 saturated carbocycles. The molecule has 0 aliphatic rings. The van der Waals surface area contributed by atoms with Gasteiger partial charge in [0, 0.05) is 0 Å². The van der Waals surface area contributed by atoms with Crippen LogP contribution in [-0.2, 0) is 6.42 Å². The zero-order chi connectivity index (χ0) is 15.2. The number of rotatable bonds is 5. The number of amides is 1. The molecule has 0 spiro atoms. The summed E-state index contributed by atoms with van der Waals surface area (Å²) in [4.78, 5) is 11.8. The van der Waals surface area contributed by atoms with Crippen LogP contribution in [-0.4, -0.2) is 11.6 Å². The molecule has 0 atom stereocenters. The van der Waals surface area contributed by atoms with Gasteiger partial charge in [-0.1, -0.05) is 37.6 Å². The molecule has 0 bridgehead atoms. The Labute approximate surface area is 124 Å². The fourth-order valence-corrected chi connectivity index (χ4v) is 2.01. The summed E-state index contributed by atoms with van der Waals surface area (Å²) in [5.41, 5.74) is 5.57. The standard InChI is InChI=1S/C17H20N2O2/c1-4-5-14-7-9-15(10-8-14)13(3)18-19-17(20)16-11-6-12(2)21-16/h6-11H,4-5H2,1-3H3,(H,19,20)/b18-13+. The predicted molar refractivity (Wildman–Crippen MR) is 83.6 cm³/mol. The minimum atomic E-state index is -0.343. The Balaban J connectivity index is 2.01. The molecule has 0 fully saturated rings. The third-order valence-corrected chi connectivity index (χ3v) is 3.20. The Morgan fingerprint density at radius 3 is 2.48 bits per heavy atom. The summed E-state index contributed by atoms with van der Waals surface area (Å²) in [6.45, 7) is 5.82. The molecule has 0 aliphatic heterocycles. The molecule has 110 valence electrons. The van der Waals surface area contributed by atoms with Gasteiger partial charge in [-0.3, -0.25) is 4.79 Å². The highest BCUT2D eigenvalue weighted by molar-refractivity contribution is 6.00. The van der Waals surface area contributed by atoms with Crippen molar-refractivity contribution >= 4 is 11.6 Å². The summed E-state index contributed by atoms with van der Waals surface area (Å²) in [5.74, 6) is 0.625. The van der Waals surface area contributed by atoms with Crippen LogP contribution in [0, 0.1) is 6.92 Å². The van der Waals surface area contributed by atoms with Gasteiger partial charge in [0.2, 0.25) is 0 Å². The van der Waals surface area contributed by atoms with E-state index in [-0.39, 0.29) is 11.7 Å². The summed E-state index contributed by atoms with van der Waals surface area (Å²) in [6.07, 6.45) is 2.20. The van der Waals surface area contributed by atoms with E-state index in [1.807, 2.05) is 19.1 Å². The summed E-state index contributed by atoms with van der Waals surface area (Å²) in [5, 5.41) is 4.11. The van der Waals surface area contributed by atoms with E-state index in [1.54, 1.807) is 19.1 Å². The van der Waals surface area contributed by atoms with Crippen LogP contribution in [0.5, 0.6) is 0 Å². The van der Waals surface area contributed by atoms with Gasteiger partial charge in [0.25, 0.3) is 0 Å². The molecule has 4 nitrogen and oxygen atoms in total. The SMILES string of the molecule is CCCc1ccc(/C(C)=N/NC(=O)c2ccc(C)o2)cc1. The number of nitrogens with one attached hydrogen (secondary N) is 1. The van der Waals surface area contributed by atoms with Gasteiger partial charge in [0.05, 0.1) is 5.71 Å². The number of hydrogen-bond donors (Lipinski definition) is 1. The van der Waals surface area contributed by atoms with Crippen molar-refractivity contribution in [2.75, 3.05) is 0 Å². The van der Waals surface area contributed by atoms with Gasteiger partial charge in [-0.05, 0) is 43.5 Å². The molecule has 21 heavy (non-hydrogen) atoms. The molecule has 1 N–H and O–H groups in total. The van der Waals surface area contributed by atoms with Crippen LogP contribution in [0.4, 0.5) is 0 Å². The summed E-state index contributed by atoms with van der Waals surface area (Å²) in [6, 6.07) is 11.6. The molecular weight excluding hydrogens is 264 g/mol. The topological polar surface area (TPSA) is 54.6 Å². The number of hydrogen-bond acceptors (Lipinski definition) is 3. The first-order chi connectivity index (χ1) is 10.1. The van der Waals surface area contributed by atoms with E-state index in [9.17, 15) is 4.79 Å². The Morgan fingerprint density at radius 1 is 1.19 bits per heavy atom. The fraction of sp³-hybridized carbons (Fsp3) is 0.294. The van der Waals surface area contributed by atoms with E-state index in [2.05, 4.69) is 29.6 Å². The van der Waals surface area contributed by atoms with E-state index in [0.717, 1.165) is 24.1 Å². The lowest BCUT2D eigenvalue weighted by atomic mass is 10.1. The molecule has 2 rings (SSSR count). The molecule has 0 saturated heterocycles. The van der Waals surface area contributed by atoms with Gasteiger partial charge in [0.15, 0.2) is 5.76 Å². The van der Waals surface area contributed by atoms with E-state index < -0.39 is 0 Å².